The van der Waals surface area contributed by atoms with Gasteiger partial charge >= 0.3 is 5.97 Å². The first kappa shape index (κ1) is 11.8. The van der Waals surface area contributed by atoms with Crippen LogP contribution in [0.2, 0.25) is 0 Å². The number of nitrogens with two attached hydrogens (primary N) is 1. The first-order valence-corrected chi connectivity index (χ1v) is 4.96. The summed E-state index contributed by atoms with van der Waals surface area (Å²) in [7, 11) is 0. The highest BCUT2D eigenvalue weighted by Gasteiger charge is 2.19. The number of nitrogens with zero attached hydrogens (tertiary/aromatic N) is 1. The molecule has 0 atom stereocenters. The first-order chi connectivity index (χ1) is 6.97. The van der Waals surface area contributed by atoms with Crippen molar-refractivity contribution in [3.8, 4) is 0 Å². The van der Waals surface area contributed by atoms with Crippen molar-refractivity contribution in [1.29, 1.82) is 0 Å². The highest BCUT2D eigenvalue weighted by atomic mass is 79.9. The number of carboxylic acid groups (broad SMARTS) is 1. The van der Waals surface area contributed by atoms with Gasteiger partial charge in [0.25, 0.3) is 6.43 Å². The second kappa shape index (κ2) is 4.52. The summed E-state index contributed by atoms with van der Waals surface area (Å²) in [5, 5.41) is 8.79. The van der Waals surface area contributed by atoms with E-state index >= 15 is 0 Å². The number of carboxylic acids is 1. The zero-order chi connectivity index (χ0) is 11.6. The predicted molar refractivity (Wildman–Crippen MR) is 53.2 cm³/mol. The van der Waals surface area contributed by atoms with Crippen LogP contribution in [0.25, 0.3) is 0 Å². The minimum absolute atomic E-state index is 0.0975. The van der Waals surface area contributed by atoms with Crippen LogP contribution in [-0.4, -0.2) is 16.1 Å². The van der Waals surface area contributed by atoms with Gasteiger partial charge in [-0.15, -0.1) is 0 Å². The normalized spacial score (nSPS) is 10.7. The van der Waals surface area contributed by atoms with Crippen LogP contribution in [0.1, 0.15) is 28.0 Å². The van der Waals surface area contributed by atoms with E-state index in [1.807, 2.05) is 0 Å². The van der Waals surface area contributed by atoms with Gasteiger partial charge in [-0.3, -0.25) is 0 Å². The molecule has 0 saturated heterocycles. The Bertz CT molecular complexity index is 398. The van der Waals surface area contributed by atoms with Gasteiger partial charge < -0.3 is 10.8 Å². The molecule has 0 saturated carbocycles. The van der Waals surface area contributed by atoms with Gasteiger partial charge in [0.1, 0.15) is 17.1 Å². The van der Waals surface area contributed by atoms with E-state index in [1.165, 1.54) is 0 Å². The lowest BCUT2D eigenvalue weighted by molar-refractivity contribution is 0.0697. The number of hydrogen-bond acceptors (Lipinski definition) is 3. The van der Waals surface area contributed by atoms with Crippen LogP contribution in [0.15, 0.2) is 6.07 Å². The Balaban J connectivity index is 3.35. The smallest absolute Gasteiger partial charge is 0.339 e. The number of rotatable bonds is 3. The van der Waals surface area contributed by atoms with Gasteiger partial charge in [-0.05, 0) is 11.6 Å². The summed E-state index contributed by atoms with van der Waals surface area (Å²) in [4.78, 5) is 14.0. The van der Waals surface area contributed by atoms with Crippen LogP contribution < -0.4 is 5.73 Å². The third-order valence-electron chi connectivity index (χ3n) is 1.75. The van der Waals surface area contributed by atoms with Crippen molar-refractivity contribution in [2.75, 3.05) is 5.73 Å². The summed E-state index contributed by atoms with van der Waals surface area (Å²) >= 11 is 2.98. The maximum atomic E-state index is 12.4. The Labute approximate surface area is 92.2 Å². The summed E-state index contributed by atoms with van der Waals surface area (Å²) in [5.41, 5.74) is 4.60. The second-order valence-electron chi connectivity index (χ2n) is 2.71. The summed E-state index contributed by atoms with van der Waals surface area (Å²) < 4.78 is 24.9. The van der Waals surface area contributed by atoms with Crippen molar-refractivity contribution in [2.24, 2.45) is 0 Å². The number of pyridine rings is 1. The van der Waals surface area contributed by atoms with E-state index in [0.717, 1.165) is 6.07 Å². The Hall–Kier alpha value is -1.24. The van der Waals surface area contributed by atoms with Crippen LogP contribution in [0.5, 0.6) is 0 Å². The van der Waals surface area contributed by atoms with Gasteiger partial charge in [-0.2, -0.15) is 0 Å². The fourth-order valence-electron chi connectivity index (χ4n) is 1.05. The maximum Gasteiger partial charge on any atom is 0.339 e. The molecule has 0 fully saturated rings. The Morgan fingerprint density at radius 3 is 2.67 bits per heavy atom. The number of alkyl halides is 3. The van der Waals surface area contributed by atoms with Gasteiger partial charge in [0.2, 0.25) is 0 Å². The monoisotopic (exact) mass is 280 g/mol. The van der Waals surface area contributed by atoms with Crippen molar-refractivity contribution in [2.45, 2.75) is 11.8 Å². The second-order valence-corrected chi connectivity index (χ2v) is 3.27. The molecule has 0 unspecified atom stereocenters. The third-order valence-corrected chi connectivity index (χ3v) is 2.35. The Kier molecular flexibility index (Phi) is 3.57. The van der Waals surface area contributed by atoms with Crippen molar-refractivity contribution in [1.82, 2.24) is 4.98 Å². The standard InChI is InChI=1S/C8H7BrF2N2O2/c9-2-3-1-4(8(14)15)7(12)13-5(3)6(10)11/h1,6H,2H2,(H2,12,13)(H,14,15). The van der Waals surface area contributed by atoms with E-state index in [1.54, 1.807) is 0 Å². The lowest BCUT2D eigenvalue weighted by atomic mass is 10.1. The molecule has 4 nitrogen and oxygen atoms in total. The minimum atomic E-state index is -2.78. The summed E-state index contributed by atoms with van der Waals surface area (Å²) in [6, 6.07) is 1.10. The molecule has 1 rings (SSSR count). The summed E-state index contributed by atoms with van der Waals surface area (Å²) in [6.45, 7) is 0. The summed E-state index contributed by atoms with van der Waals surface area (Å²) in [5.74, 6) is -1.69. The highest BCUT2D eigenvalue weighted by molar-refractivity contribution is 9.08. The van der Waals surface area contributed by atoms with Crippen molar-refractivity contribution in [3.05, 3.63) is 22.9 Å². The lowest BCUT2D eigenvalue weighted by Crippen LogP contribution is -2.09. The van der Waals surface area contributed by atoms with Crippen molar-refractivity contribution in [3.63, 3.8) is 0 Å². The van der Waals surface area contributed by atoms with Gasteiger partial charge in [-0.1, -0.05) is 15.9 Å². The number of anilines is 1. The molecule has 0 aliphatic heterocycles. The fraction of sp³-hybridized carbons (Fsp3) is 0.250. The molecule has 3 N–H and O–H groups in total. The van der Waals surface area contributed by atoms with Crippen molar-refractivity contribution < 1.29 is 18.7 Å². The topological polar surface area (TPSA) is 76.2 Å². The molecule has 0 amide bonds. The highest BCUT2D eigenvalue weighted by Crippen LogP contribution is 2.26. The van der Waals surface area contributed by atoms with Crippen LogP contribution in [0.4, 0.5) is 14.6 Å². The molecular formula is C8H7BrF2N2O2. The third kappa shape index (κ3) is 2.41. The SMILES string of the molecule is Nc1nc(C(F)F)c(CBr)cc1C(=O)O. The van der Waals surface area contributed by atoms with Crippen LogP contribution >= 0.6 is 15.9 Å². The zero-order valence-electron chi connectivity index (χ0n) is 7.38. The molecule has 0 aliphatic rings. The quantitative estimate of drug-likeness (QED) is 0.833. The van der Waals surface area contributed by atoms with E-state index in [4.69, 9.17) is 10.8 Å². The molecule has 15 heavy (non-hydrogen) atoms. The molecule has 0 spiro atoms. The number of halogens is 3. The van der Waals surface area contributed by atoms with Crippen LogP contribution in [-0.2, 0) is 5.33 Å². The van der Waals surface area contributed by atoms with E-state index in [0.29, 0.717) is 0 Å². The zero-order valence-corrected chi connectivity index (χ0v) is 8.96. The molecule has 0 bridgehead atoms. The molecule has 0 aromatic carbocycles. The molecule has 82 valence electrons. The van der Waals surface area contributed by atoms with E-state index in [-0.39, 0.29) is 16.5 Å². The Morgan fingerprint density at radius 1 is 1.67 bits per heavy atom. The number of nitrogen functional groups attached to an aromatic ring is 1. The largest absolute Gasteiger partial charge is 0.478 e. The van der Waals surface area contributed by atoms with E-state index in [9.17, 15) is 13.6 Å². The van der Waals surface area contributed by atoms with Crippen LogP contribution in [0, 0.1) is 0 Å². The Morgan fingerprint density at radius 2 is 2.27 bits per heavy atom. The van der Waals surface area contributed by atoms with E-state index < -0.39 is 23.9 Å². The number of aromatic nitrogens is 1. The van der Waals surface area contributed by atoms with Crippen molar-refractivity contribution >= 4 is 27.7 Å². The average Bonchev–Trinajstić information content (AvgIpc) is 2.16. The molecule has 7 heteroatoms. The molecular weight excluding hydrogens is 274 g/mol. The van der Waals surface area contributed by atoms with Gasteiger partial charge in [0.05, 0.1) is 0 Å². The van der Waals surface area contributed by atoms with Gasteiger partial charge in [0.15, 0.2) is 0 Å². The number of hydrogen-bond donors (Lipinski definition) is 2. The van der Waals surface area contributed by atoms with Gasteiger partial charge in [-0.25, -0.2) is 18.6 Å². The number of carbonyl (C=O) groups is 1. The predicted octanol–water partition coefficient (Wildman–Crippen LogP) is 2.19. The first-order valence-electron chi connectivity index (χ1n) is 3.84. The fourth-order valence-corrected chi connectivity index (χ4v) is 1.50. The molecule has 0 radical (unpaired) electrons. The maximum absolute atomic E-state index is 12.4. The molecule has 1 aromatic rings. The van der Waals surface area contributed by atoms with E-state index in [2.05, 4.69) is 20.9 Å². The minimum Gasteiger partial charge on any atom is -0.478 e. The molecule has 1 heterocycles. The van der Waals surface area contributed by atoms with Crippen LogP contribution in [0.3, 0.4) is 0 Å². The molecule has 1 aromatic heterocycles. The summed E-state index contributed by atoms with van der Waals surface area (Å²) in [6.07, 6.45) is -2.78. The number of aromatic carboxylic acids is 1. The van der Waals surface area contributed by atoms with Gasteiger partial charge in [0, 0.05) is 5.33 Å². The average molecular weight is 281 g/mol. The molecule has 0 aliphatic carbocycles. The lowest BCUT2D eigenvalue weighted by Gasteiger charge is -2.08.